The van der Waals surface area contributed by atoms with E-state index in [-0.39, 0.29) is 11.7 Å². The van der Waals surface area contributed by atoms with Gasteiger partial charge < -0.3 is 14.5 Å². The van der Waals surface area contributed by atoms with E-state index in [1.165, 1.54) is 12.1 Å². The molecule has 6 nitrogen and oxygen atoms in total. The van der Waals surface area contributed by atoms with Crippen LogP contribution in [0.2, 0.25) is 0 Å². The summed E-state index contributed by atoms with van der Waals surface area (Å²) in [6.07, 6.45) is 3.72. The minimum atomic E-state index is -0.294. The lowest BCUT2D eigenvalue weighted by molar-refractivity contribution is 0.101. The number of carbonyl (C=O) groups excluding carboxylic acids is 1. The number of aryl methyl sites for hydroxylation is 3. The van der Waals surface area contributed by atoms with E-state index in [4.69, 9.17) is 0 Å². The molecule has 33 heavy (non-hydrogen) atoms. The van der Waals surface area contributed by atoms with Crippen LogP contribution in [0.1, 0.15) is 33.9 Å². The summed E-state index contributed by atoms with van der Waals surface area (Å²) in [5.41, 5.74) is 5.58. The molecule has 0 spiro atoms. The number of amides is 1. The van der Waals surface area contributed by atoms with Crippen LogP contribution in [0.15, 0.2) is 60.8 Å². The molecule has 7 heteroatoms. The average molecular weight is 439 g/mol. The van der Waals surface area contributed by atoms with Crippen molar-refractivity contribution in [3.8, 4) is 0 Å². The Morgan fingerprint density at radius 3 is 2.94 bits per heavy atom. The second-order valence-electron chi connectivity index (χ2n) is 8.61. The van der Waals surface area contributed by atoms with Crippen molar-refractivity contribution in [3.63, 3.8) is 0 Å². The normalized spacial score (nSPS) is 13.0. The molecule has 5 aromatic rings. The van der Waals surface area contributed by atoms with E-state index in [9.17, 15) is 9.18 Å². The third-order valence-corrected chi connectivity index (χ3v) is 6.22. The summed E-state index contributed by atoms with van der Waals surface area (Å²) in [6, 6.07) is 16.3. The molecule has 4 heterocycles. The molecule has 0 radical (unpaired) electrons. The van der Waals surface area contributed by atoms with Gasteiger partial charge in [0.15, 0.2) is 5.65 Å². The second-order valence-corrected chi connectivity index (χ2v) is 8.61. The lowest BCUT2D eigenvalue weighted by Crippen LogP contribution is -2.17. The summed E-state index contributed by atoms with van der Waals surface area (Å²) in [7, 11) is 0. The highest BCUT2D eigenvalue weighted by atomic mass is 19.1. The van der Waals surface area contributed by atoms with Gasteiger partial charge in [-0.15, -0.1) is 0 Å². The molecule has 3 aromatic heterocycles. The molecule has 1 aliphatic rings. The quantitative estimate of drug-likeness (QED) is 0.425. The van der Waals surface area contributed by atoms with E-state index in [0.29, 0.717) is 17.9 Å². The van der Waals surface area contributed by atoms with Crippen molar-refractivity contribution < 1.29 is 9.18 Å². The Labute approximate surface area is 189 Å². The van der Waals surface area contributed by atoms with Crippen LogP contribution in [0.3, 0.4) is 0 Å². The monoisotopic (exact) mass is 439 g/mol. The molecule has 0 aliphatic carbocycles. The van der Waals surface area contributed by atoms with E-state index in [1.54, 1.807) is 12.3 Å². The van der Waals surface area contributed by atoms with Gasteiger partial charge in [0.25, 0.3) is 5.91 Å². The second kappa shape index (κ2) is 7.55. The zero-order valence-corrected chi connectivity index (χ0v) is 18.2. The molecule has 0 unspecified atom stereocenters. The molecule has 1 aliphatic heterocycles. The minimum Gasteiger partial charge on any atom is -0.332 e. The number of aromatic nitrogens is 4. The summed E-state index contributed by atoms with van der Waals surface area (Å²) >= 11 is 0. The molecule has 6 rings (SSSR count). The minimum absolute atomic E-state index is 0.242. The molecule has 1 amide bonds. The number of rotatable bonds is 4. The molecule has 0 saturated carbocycles. The van der Waals surface area contributed by atoms with Crippen molar-refractivity contribution in [3.05, 3.63) is 89.3 Å². The Morgan fingerprint density at radius 2 is 2.06 bits per heavy atom. The number of imidazole rings is 1. The van der Waals surface area contributed by atoms with Gasteiger partial charge in [-0.25, -0.2) is 14.4 Å². The summed E-state index contributed by atoms with van der Waals surface area (Å²) in [5, 5.41) is 3.95. The number of pyridine rings is 1. The van der Waals surface area contributed by atoms with Crippen molar-refractivity contribution in [2.24, 2.45) is 0 Å². The molecule has 164 valence electrons. The van der Waals surface area contributed by atoms with E-state index >= 15 is 0 Å². The molecule has 0 fully saturated rings. The maximum atomic E-state index is 13.8. The smallest absolute Gasteiger partial charge is 0.272 e. The van der Waals surface area contributed by atoms with Crippen LogP contribution in [-0.2, 0) is 19.5 Å². The molecule has 0 bridgehead atoms. The molecule has 2 aromatic carbocycles. The van der Waals surface area contributed by atoms with Gasteiger partial charge in [0.05, 0.1) is 11.9 Å². The van der Waals surface area contributed by atoms with Gasteiger partial charge in [0.2, 0.25) is 0 Å². The Kier molecular flexibility index (Phi) is 4.50. The summed E-state index contributed by atoms with van der Waals surface area (Å²) in [4.78, 5) is 22.6. The van der Waals surface area contributed by atoms with Gasteiger partial charge in [-0.3, -0.25) is 4.79 Å². The SMILES string of the molecule is Cc1ccc2c(c1)cc(C(=O)Nc1cnc3c(c1)nc1n3CCC1)n2Cc1cccc(F)c1. The number of nitrogens with one attached hydrogen (secondary N) is 1. The summed E-state index contributed by atoms with van der Waals surface area (Å²) < 4.78 is 17.9. The highest BCUT2D eigenvalue weighted by molar-refractivity contribution is 6.07. The lowest BCUT2D eigenvalue weighted by atomic mass is 10.2. The fraction of sp³-hybridized carbons (Fsp3) is 0.192. The molecule has 0 saturated heterocycles. The largest absolute Gasteiger partial charge is 0.332 e. The maximum absolute atomic E-state index is 13.8. The van der Waals surface area contributed by atoms with Crippen LogP contribution in [0, 0.1) is 12.7 Å². The molecular formula is C26H22FN5O. The lowest BCUT2D eigenvalue weighted by Gasteiger charge is -2.12. The first-order chi connectivity index (χ1) is 16.0. The molecular weight excluding hydrogens is 417 g/mol. The predicted molar refractivity (Wildman–Crippen MR) is 126 cm³/mol. The van der Waals surface area contributed by atoms with Crippen molar-refractivity contribution >= 4 is 33.7 Å². The number of anilines is 1. The van der Waals surface area contributed by atoms with Crippen LogP contribution < -0.4 is 5.32 Å². The van der Waals surface area contributed by atoms with Gasteiger partial charge in [0.1, 0.15) is 22.9 Å². The summed E-state index contributed by atoms with van der Waals surface area (Å²) in [6.45, 7) is 3.34. The Hall–Kier alpha value is -4.00. The van der Waals surface area contributed by atoms with Crippen LogP contribution in [-0.4, -0.2) is 25.0 Å². The van der Waals surface area contributed by atoms with Crippen molar-refractivity contribution in [1.82, 2.24) is 19.1 Å². The highest BCUT2D eigenvalue weighted by Gasteiger charge is 2.19. The van der Waals surface area contributed by atoms with Crippen LogP contribution in [0.4, 0.5) is 10.1 Å². The number of hydrogen-bond acceptors (Lipinski definition) is 3. The van der Waals surface area contributed by atoms with Crippen molar-refractivity contribution in [2.45, 2.75) is 32.9 Å². The van der Waals surface area contributed by atoms with Gasteiger partial charge in [-0.05, 0) is 55.3 Å². The van der Waals surface area contributed by atoms with Gasteiger partial charge in [0, 0.05) is 30.4 Å². The fourth-order valence-corrected chi connectivity index (χ4v) is 4.71. The first-order valence-electron chi connectivity index (χ1n) is 11.1. The summed E-state index contributed by atoms with van der Waals surface area (Å²) in [5.74, 6) is 0.511. The first kappa shape index (κ1) is 19.7. The molecule has 1 N–H and O–H groups in total. The number of halogens is 1. The number of fused-ring (bicyclic) bond motifs is 4. The Balaban J connectivity index is 1.37. The Morgan fingerprint density at radius 1 is 1.15 bits per heavy atom. The third-order valence-electron chi connectivity index (χ3n) is 6.22. The van der Waals surface area contributed by atoms with Crippen LogP contribution >= 0.6 is 0 Å². The zero-order valence-electron chi connectivity index (χ0n) is 18.2. The molecule has 0 atom stereocenters. The Bertz CT molecular complexity index is 1550. The number of carbonyl (C=O) groups is 1. The topological polar surface area (TPSA) is 64.7 Å². The van der Waals surface area contributed by atoms with E-state index < -0.39 is 0 Å². The van der Waals surface area contributed by atoms with Gasteiger partial charge in [-0.1, -0.05) is 23.8 Å². The highest BCUT2D eigenvalue weighted by Crippen LogP contribution is 2.26. The average Bonchev–Trinajstić information content (AvgIpc) is 3.46. The van der Waals surface area contributed by atoms with E-state index in [2.05, 4.69) is 25.9 Å². The third kappa shape index (κ3) is 3.46. The van der Waals surface area contributed by atoms with Crippen molar-refractivity contribution in [2.75, 3.05) is 5.32 Å². The number of hydrogen-bond donors (Lipinski definition) is 1. The first-order valence-corrected chi connectivity index (χ1v) is 11.1. The van der Waals surface area contributed by atoms with Gasteiger partial charge >= 0.3 is 0 Å². The fourth-order valence-electron chi connectivity index (χ4n) is 4.71. The van der Waals surface area contributed by atoms with Crippen LogP contribution in [0.5, 0.6) is 0 Å². The maximum Gasteiger partial charge on any atom is 0.272 e. The number of benzene rings is 2. The zero-order chi connectivity index (χ0) is 22.5. The van der Waals surface area contributed by atoms with E-state index in [1.807, 2.05) is 41.8 Å². The predicted octanol–water partition coefficient (Wildman–Crippen LogP) is 5.08. The van der Waals surface area contributed by atoms with Gasteiger partial charge in [-0.2, -0.15) is 0 Å². The van der Waals surface area contributed by atoms with Crippen molar-refractivity contribution in [1.29, 1.82) is 0 Å². The van der Waals surface area contributed by atoms with Crippen LogP contribution in [0.25, 0.3) is 22.1 Å². The standard InChI is InChI=1S/C26H22FN5O/c1-16-7-8-22-18(10-16)12-23(32(22)15-17-4-2-5-19(27)11-17)26(33)29-20-13-21-25(28-14-20)31-9-3-6-24(31)30-21/h2,4-5,7-8,10-14H,3,6,9,15H2,1H3,(H,29,33). The number of nitrogens with zero attached hydrogens (tertiary/aromatic N) is 4. The van der Waals surface area contributed by atoms with E-state index in [0.717, 1.165) is 58.4 Å².